The van der Waals surface area contributed by atoms with Gasteiger partial charge in [-0.2, -0.15) is 5.10 Å². The minimum absolute atomic E-state index is 0.243. The van der Waals surface area contributed by atoms with Crippen LogP contribution in [0.15, 0.2) is 35.4 Å². The summed E-state index contributed by atoms with van der Waals surface area (Å²) in [6, 6.07) is 8.12. The molecule has 0 amide bonds. The second kappa shape index (κ2) is 5.97. The van der Waals surface area contributed by atoms with Crippen LogP contribution in [0.25, 0.3) is 11.0 Å². The van der Waals surface area contributed by atoms with E-state index in [0.717, 1.165) is 37.6 Å². The molecule has 0 bridgehead atoms. The number of nitrogens with zero attached hydrogens (tertiary/aromatic N) is 4. The van der Waals surface area contributed by atoms with Gasteiger partial charge in [0.15, 0.2) is 11.3 Å². The number of nitrogens with two attached hydrogens (primary N) is 1. The van der Waals surface area contributed by atoms with Crippen molar-refractivity contribution in [1.82, 2.24) is 19.7 Å². The summed E-state index contributed by atoms with van der Waals surface area (Å²) in [5, 5.41) is 4.30. The molecule has 0 aliphatic carbocycles. The number of benzene rings is 1. The molecule has 3 N–H and O–H groups in total. The lowest BCUT2D eigenvalue weighted by Crippen LogP contribution is -2.36. The third-order valence-corrected chi connectivity index (χ3v) is 4.22. The summed E-state index contributed by atoms with van der Waals surface area (Å²) in [4.78, 5) is 21.1. The van der Waals surface area contributed by atoms with Crippen LogP contribution >= 0.6 is 0 Å². The van der Waals surface area contributed by atoms with Crippen molar-refractivity contribution in [3.8, 4) is 0 Å². The fourth-order valence-corrected chi connectivity index (χ4v) is 3.08. The van der Waals surface area contributed by atoms with Gasteiger partial charge < -0.3 is 20.4 Å². The summed E-state index contributed by atoms with van der Waals surface area (Å²) >= 11 is 0. The van der Waals surface area contributed by atoms with Crippen LogP contribution in [0.1, 0.15) is 5.56 Å². The van der Waals surface area contributed by atoms with E-state index in [1.807, 2.05) is 18.2 Å². The highest BCUT2D eigenvalue weighted by Gasteiger charge is 2.17. The Morgan fingerprint density at radius 3 is 2.88 bits per heavy atom. The normalized spacial score (nSPS) is 15.1. The number of hydrogen-bond acceptors (Lipinski definition) is 6. The molecule has 8 heteroatoms. The fourth-order valence-electron chi connectivity index (χ4n) is 3.08. The number of anilines is 2. The Hall–Kier alpha value is -2.87. The zero-order valence-electron chi connectivity index (χ0n) is 13.1. The molecule has 1 fully saturated rings. The fraction of sp³-hybridized carbons (Fsp3) is 0.312. The summed E-state index contributed by atoms with van der Waals surface area (Å²) in [6.07, 6.45) is 1.34. The second-order valence-electron chi connectivity index (χ2n) is 5.70. The Morgan fingerprint density at radius 1 is 1.25 bits per heavy atom. The van der Waals surface area contributed by atoms with Gasteiger partial charge in [-0.25, -0.2) is 4.98 Å². The number of H-pyrrole nitrogens is 1. The molecule has 3 aromatic rings. The number of hydrogen-bond donors (Lipinski definition) is 2. The predicted octanol–water partition coefficient (Wildman–Crippen LogP) is 0.587. The van der Waals surface area contributed by atoms with Crippen molar-refractivity contribution in [2.24, 2.45) is 0 Å². The van der Waals surface area contributed by atoms with Crippen molar-refractivity contribution >= 4 is 22.5 Å². The molecule has 0 radical (unpaired) electrons. The summed E-state index contributed by atoms with van der Waals surface area (Å²) < 4.78 is 7.05. The van der Waals surface area contributed by atoms with E-state index in [4.69, 9.17) is 10.5 Å². The first kappa shape index (κ1) is 14.7. The lowest BCUT2D eigenvalue weighted by Gasteiger charge is -2.30. The van der Waals surface area contributed by atoms with Gasteiger partial charge in [-0.3, -0.25) is 9.48 Å². The molecular weight excluding hydrogens is 308 g/mol. The summed E-state index contributed by atoms with van der Waals surface area (Å²) in [6.45, 7) is 3.59. The number of morpholine rings is 1. The maximum atomic E-state index is 12.2. The van der Waals surface area contributed by atoms with Crippen LogP contribution in [0, 0.1) is 0 Å². The number of para-hydroxylation sites is 1. The summed E-state index contributed by atoms with van der Waals surface area (Å²) in [5.74, 6) is 0.264. The Morgan fingerprint density at radius 2 is 2.04 bits per heavy atom. The smallest absolute Gasteiger partial charge is 0.276 e. The van der Waals surface area contributed by atoms with Gasteiger partial charge in [0.25, 0.3) is 5.56 Å². The molecule has 1 aliphatic heterocycles. The molecular formula is C16H18N6O2. The van der Waals surface area contributed by atoms with Crippen molar-refractivity contribution in [2.75, 3.05) is 36.9 Å². The van der Waals surface area contributed by atoms with Crippen molar-refractivity contribution in [3.63, 3.8) is 0 Å². The van der Waals surface area contributed by atoms with Crippen LogP contribution in [0.4, 0.5) is 11.5 Å². The maximum absolute atomic E-state index is 12.2. The monoisotopic (exact) mass is 326 g/mol. The second-order valence-corrected chi connectivity index (χ2v) is 5.70. The van der Waals surface area contributed by atoms with E-state index in [-0.39, 0.29) is 11.4 Å². The van der Waals surface area contributed by atoms with Gasteiger partial charge in [-0.15, -0.1) is 0 Å². The summed E-state index contributed by atoms with van der Waals surface area (Å²) in [5.41, 5.74) is 8.70. The lowest BCUT2D eigenvalue weighted by atomic mass is 10.1. The molecule has 1 saturated heterocycles. The minimum Gasteiger partial charge on any atom is -0.380 e. The van der Waals surface area contributed by atoms with Gasteiger partial charge in [0.05, 0.1) is 26.1 Å². The average molecular weight is 326 g/mol. The molecule has 0 saturated carbocycles. The number of aromatic amines is 1. The largest absolute Gasteiger partial charge is 0.380 e. The van der Waals surface area contributed by atoms with Crippen LogP contribution in [0.2, 0.25) is 0 Å². The van der Waals surface area contributed by atoms with Gasteiger partial charge in [0.2, 0.25) is 0 Å². The Kier molecular flexibility index (Phi) is 3.66. The molecule has 8 nitrogen and oxygen atoms in total. The van der Waals surface area contributed by atoms with Gasteiger partial charge >= 0.3 is 0 Å². The van der Waals surface area contributed by atoms with E-state index >= 15 is 0 Å². The number of nitrogen functional groups attached to an aromatic ring is 1. The standard InChI is InChI=1S/C16H18N6O2/c17-15-13-14(16(23)19-10-18-13)22(20-15)9-11-3-1-2-4-12(11)21-5-7-24-8-6-21/h1-4,10H,5-9H2,(H2,17,20)(H,18,19,23). The van der Waals surface area contributed by atoms with Crippen molar-refractivity contribution in [3.05, 3.63) is 46.5 Å². The zero-order valence-corrected chi connectivity index (χ0v) is 13.1. The molecule has 24 heavy (non-hydrogen) atoms. The van der Waals surface area contributed by atoms with Crippen LogP contribution < -0.4 is 16.2 Å². The van der Waals surface area contributed by atoms with Crippen molar-refractivity contribution in [1.29, 1.82) is 0 Å². The minimum atomic E-state index is -0.243. The van der Waals surface area contributed by atoms with Crippen LogP contribution in [0.3, 0.4) is 0 Å². The van der Waals surface area contributed by atoms with E-state index in [1.165, 1.54) is 6.33 Å². The van der Waals surface area contributed by atoms with E-state index in [9.17, 15) is 4.79 Å². The molecule has 0 spiro atoms. The van der Waals surface area contributed by atoms with E-state index in [0.29, 0.717) is 17.6 Å². The van der Waals surface area contributed by atoms with Gasteiger partial charge in [0, 0.05) is 18.8 Å². The van der Waals surface area contributed by atoms with Crippen molar-refractivity contribution < 1.29 is 4.74 Å². The molecule has 4 rings (SSSR count). The van der Waals surface area contributed by atoms with Crippen LogP contribution in [-0.2, 0) is 11.3 Å². The first-order valence-electron chi connectivity index (χ1n) is 7.84. The third-order valence-electron chi connectivity index (χ3n) is 4.22. The van der Waals surface area contributed by atoms with Crippen LogP contribution in [-0.4, -0.2) is 46.1 Å². The number of rotatable bonds is 3. The quantitative estimate of drug-likeness (QED) is 0.730. The number of ether oxygens (including phenoxy) is 1. The van der Waals surface area contributed by atoms with E-state index in [1.54, 1.807) is 4.68 Å². The number of aromatic nitrogens is 4. The summed E-state index contributed by atoms with van der Waals surface area (Å²) in [7, 11) is 0. The molecule has 3 heterocycles. The molecule has 0 atom stereocenters. The molecule has 2 aromatic heterocycles. The molecule has 1 aromatic carbocycles. The third kappa shape index (κ3) is 2.50. The lowest BCUT2D eigenvalue weighted by molar-refractivity contribution is 0.122. The first-order chi connectivity index (χ1) is 11.7. The van der Waals surface area contributed by atoms with Crippen LogP contribution in [0.5, 0.6) is 0 Å². The molecule has 124 valence electrons. The first-order valence-corrected chi connectivity index (χ1v) is 7.84. The Balaban J connectivity index is 1.75. The van der Waals surface area contributed by atoms with Gasteiger partial charge in [-0.1, -0.05) is 18.2 Å². The average Bonchev–Trinajstić information content (AvgIpc) is 2.93. The maximum Gasteiger partial charge on any atom is 0.276 e. The van der Waals surface area contributed by atoms with E-state index in [2.05, 4.69) is 26.0 Å². The SMILES string of the molecule is Nc1nn(Cc2ccccc2N2CCOCC2)c2c(=O)[nH]cnc12. The number of fused-ring (bicyclic) bond motifs is 1. The van der Waals surface area contributed by atoms with E-state index < -0.39 is 0 Å². The van der Waals surface area contributed by atoms with Crippen molar-refractivity contribution in [2.45, 2.75) is 6.54 Å². The Labute approximate surface area is 137 Å². The highest BCUT2D eigenvalue weighted by atomic mass is 16.5. The number of nitrogens with one attached hydrogen (secondary N) is 1. The van der Waals surface area contributed by atoms with Gasteiger partial charge in [0.1, 0.15) is 5.52 Å². The highest BCUT2D eigenvalue weighted by Crippen LogP contribution is 2.24. The topological polar surface area (TPSA) is 102 Å². The zero-order chi connectivity index (χ0) is 16.5. The Bertz CT molecular complexity index is 926. The molecule has 1 aliphatic rings. The molecule has 0 unspecified atom stereocenters. The van der Waals surface area contributed by atoms with Gasteiger partial charge in [-0.05, 0) is 11.6 Å². The predicted molar refractivity (Wildman–Crippen MR) is 91.1 cm³/mol. The highest BCUT2D eigenvalue weighted by molar-refractivity contribution is 5.84.